The van der Waals surface area contributed by atoms with Crippen molar-refractivity contribution in [3.8, 4) is 0 Å². The summed E-state index contributed by atoms with van der Waals surface area (Å²) >= 11 is 1.87. The molecular weight excluding hydrogens is 204 g/mol. The van der Waals surface area contributed by atoms with Crippen LogP contribution in [0.1, 0.15) is 18.2 Å². The molecule has 0 saturated heterocycles. The standard InChI is InChI=1S/C13H14OS/c1-13(7-10(13)8-14)12-6-9-4-2-3-5-11(9)15-12/h2-6,10,14H,7-8H2,1H3. The Labute approximate surface area is 93.4 Å². The monoisotopic (exact) mass is 218 g/mol. The first-order valence-electron chi connectivity index (χ1n) is 5.34. The molecule has 0 bridgehead atoms. The Bertz CT molecular complexity index is 469. The van der Waals surface area contributed by atoms with Crippen LogP contribution < -0.4 is 0 Å². The van der Waals surface area contributed by atoms with Gasteiger partial charge in [0.1, 0.15) is 0 Å². The molecule has 0 radical (unpaired) electrons. The second kappa shape index (κ2) is 3.06. The van der Waals surface area contributed by atoms with Crippen molar-refractivity contribution in [3.05, 3.63) is 35.2 Å². The van der Waals surface area contributed by atoms with E-state index in [4.69, 9.17) is 0 Å². The Morgan fingerprint density at radius 2 is 2.27 bits per heavy atom. The fourth-order valence-corrected chi connectivity index (χ4v) is 3.58. The molecule has 1 aromatic carbocycles. The molecule has 15 heavy (non-hydrogen) atoms. The molecule has 0 amide bonds. The van der Waals surface area contributed by atoms with E-state index in [-0.39, 0.29) is 5.41 Å². The number of benzene rings is 1. The third-order valence-electron chi connectivity index (χ3n) is 3.62. The Balaban J connectivity index is 2.06. The van der Waals surface area contributed by atoms with E-state index in [2.05, 4.69) is 37.3 Å². The Hall–Kier alpha value is -0.860. The Morgan fingerprint density at radius 3 is 2.93 bits per heavy atom. The molecule has 3 rings (SSSR count). The zero-order chi connectivity index (χ0) is 10.5. The van der Waals surface area contributed by atoms with Crippen LogP contribution in [-0.2, 0) is 5.41 Å². The average molecular weight is 218 g/mol. The van der Waals surface area contributed by atoms with Gasteiger partial charge in [-0.05, 0) is 29.9 Å². The SMILES string of the molecule is CC1(c2cc3ccccc3s2)CC1CO. The molecule has 0 spiro atoms. The summed E-state index contributed by atoms with van der Waals surface area (Å²) in [5, 5.41) is 10.5. The van der Waals surface area contributed by atoms with Crippen molar-refractivity contribution in [1.29, 1.82) is 0 Å². The van der Waals surface area contributed by atoms with Gasteiger partial charge in [-0.2, -0.15) is 0 Å². The van der Waals surface area contributed by atoms with Crippen LogP contribution in [0.25, 0.3) is 10.1 Å². The minimum Gasteiger partial charge on any atom is -0.396 e. The first kappa shape index (κ1) is 9.37. The van der Waals surface area contributed by atoms with E-state index >= 15 is 0 Å². The van der Waals surface area contributed by atoms with Gasteiger partial charge in [0.05, 0.1) is 0 Å². The molecule has 1 heterocycles. The summed E-state index contributed by atoms with van der Waals surface area (Å²) in [6.45, 7) is 2.59. The van der Waals surface area contributed by atoms with Gasteiger partial charge in [0.25, 0.3) is 0 Å². The number of hydrogen-bond acceptors (Lipinski definition) is 2. The summed E-state index contributed by atoms with van der Waals surface area (Å²) in [6.07, 6.45) is 1.14. The van der Waals surface area contributed by atoms with E-state index in [1.165, 1.54) is 15.0 Å². The maximum absolute atomic E-state index is 9.18. The zero-order valence-electron chi connectivity index (χ0n) is 8.73. The molecule has 2 aromatic rings. The normalized spacial score (nSPS) is 29.6. The fourth-order valence-electron chi connectivity index (χ4n) is 2.28. The summed E-state index contributed by atoms with van der Waals surface area (Å²) in [4.78, 5) is 1.43. The highest BCUT2D eigenvalue weighted by Crippen LogP contribution is 2.56. The minimum absolute atomic E-state index is 0.248. The molecule has 78 valence electrons. The molecule has 1 fully saturated rings. The van der Waals surface area contributed by atoms with Gasteiger partial charge in [0, 0.05) is 21.6 Å². The molecule has 1 nitrogen and oxygen atoms in total. The number of aliphatic hydroxyl groups is 1. The quantitative estimate of drug-likeness (QED) is 0.821. The van der Waals surface area contributed by atoms with Crippen LogP contribution in [0.15, 0.2) is 30.3 Å². The van der Waals surface area contributed by atoms with Gasteiger partial charge in [-0.15, -0.1) is 11.3 Å². The number of aliphatic hydroxyl groups excluding tert-OH is 1. The van der Waals surface area contributed by atoms with Gasteiger partial charge in [-0.1, -0.05) is 25.1 Å². The van der Waals surface area contributed by atoms with Crippen LogP contribution in [0.5, 0.6) is 0 Å². The largest absolute Gasteiger partial charge is 0.396 e. The lowest BCUT2D eigenvalue weighted by atomic mass is 10.0. The molecule has 2 atom stereocenters. The molecule has 1 saturated carbocycles. The maximum Gasteiger partial charge on any atom is 0.0468 e. The van der Waals surface area contributed by atoms with E-state index < -0.39 is 0 Å². The number of rotatable bonds is 2. The molecule has 1 N–H and O–H groups in total. The van der Waals surface area contributed by atoms with Gasteiger partial charge in [-0.25, -0.2) is 0 Å². The summed E-state index contributed by atoms with van der Waals surface area (Å²) < 4.78 is 1.36. The lowest BCUT2D eigenvalue weighted by Crippen LogP contribution is -2.03. The minimum atomic E-state index is 0.248. The number of fused-ring (bicyclic) bond motifs is 1. The molecule has 1 aliphatic rings. The highest BCUT2D eigenvalue weighted by molar-refractivity contribution is 7.19. The van der Waals surface area contributed by atoms with E-state index in [0.717, 1.165) is 6.42 Å². The van der Waals surface area contributed by atoms with E-state index in [1.54, 1.807) is 0 Å². The Morgan fingerprint density at radius 1 is 1.47 bits per heavy atom. The van der Waals surface area contributed by atoms with Crippen LogP contribution in [0.2, 0.25) is 0 Å². The van der Waals surface area contributed by atoms with Crippen LogP contribution in [0.3, 0.4) is 0 Å². The average Bonchev–Trinajstić information content (AvgIpc) is 2.76. The van der Waals surface area contributed by atoms with Gasteiger partial charge in [0.15, 0.2) is 0 Å². The van der Waals surface area contributed by atoms with Crippen molar-refractivity contribution in [1.82, 2.24) is 0 Å². The molecule has 2 unspecified atom stereocenters. The molecular formula is C13H14OS. The van der Waals surface area contributed by atoms with E-state index in [9.17, 15) is 5.11 Å². The smallest absolute Gasteiger partial charge is 0.0468 e. The highest BCUT2D eigenvalue weighted by Gasteiger charge is 2.51. The summed E-state index contributed by atoms with van der Waals surface area (Å²) in [5.41, 5.74) is 0.248. The van der Waals surface area contributed by atoms with Crippen LogP contribution in [0, 0.1) is 5.92 Å². The lowest BCUT2D eigenvalue weighted by Gasteiger charge is -2.05. The first-order valence-corrected chi connectivity index (χ1v) is 6.15. The number of hydrogen-bond donors (Lipinski definition) is 1. The summed E-state index contributed by atoms with van der Waals surface area (Å²) in [7, 11) is 0. The summed E-state index contributed by atoms with van der Waals surface area (Å²) in [6, 6.07) is 10.8. The molecule has 1 aromatic heterocycles. The van der Waals surface area contributed by atoms with Crippen molar-refractivity contribution in [2.24, 2.45) is 5.92 Å². The van der Waals surface area contributed by atoms with E-state index in [1.807, 2.05) is 11.3 Å². The van der Waals surface area contributed by atoms with Gasteiger partial charge in [-0.3, -0.25) is 0 Å². The van der Waals surface area contributed by atoms with Crippen molar-refractivity contribution >= 4 is 21.4 Å². The molecule has 0 aliphatic heterocycles. The van der Waals surface area contributed by atoms with Crippen molar-refractivity contribution in [2.75, 3.05) is 6.61 Å². The van der Waals surface area contributed by atoms with E-state index in [0.29, 0.717) is 12.5 Å². The second-order valence-corrected chi connectivity index (χ2v) is 5.73. The molecule has 1 aliphatic carbocycles. The topological polar surface area (TPSA) is 20.2 Å². The number of thiophene rings is 1. The Kier molecular flexibility index (Phi) is 1.91. The summed E-state index contributed by atoms with van der Waals surface area (Å²) in [5.74, 6) is 0.477. The van der Waals surface area contributed by atoms with Crippen LogP contribution in [-0.4, -0.2) is 11.7 Å². The van der Waals surface area contributed by atoms with Crippen molar-refractivity contribution < 1.29 is 5.11 Å². The third-order valence-corrected chi connectivity index (χ3v) is 5.02. The van der Waals surface area contributed by atoms with Crippen molar-refractivity contribution in [2.45, 2.75) is 18.8 Å². The predicted molar refractivity (Wildman–Crippen MR) is 64.4 cm³/mol. The predicted octanol–water partition coefficient (Wildman–Crippen LogP) is 3.17. The maximum atomic E-state index is 9.18. The zero-order valence-corrected chi connectivity index (χ0v) is 9.55. The van der Waals surface area contributed by atoms with Gasteiger partial charge in [0.2, 0.25) is 0 Å². The fraction of sp³-hybridized carbons (Fsp3) is 0.385. The molecule has 2 heteroatoms. The van der Waals surface area contributed by atoms with Crippen molar-refractivity contribution in [3.63, 3.8) is 0 Å². The highest BCUT2D eigenvalue weighted by atomic mass is 32.1. The van der Waals surface area contributed by atoms with Crippen LogP contribution in [0.4, 0.5) is 0 Å². The second-order valence-electron chi connectivity index (χ2n) is 4.65. The third kappa shape index (κ3) is 1.32. The van der Waals surface area contributed by atoms with Gasteiger partial charge >= 0.3 is 0 Å². The van der Waals surface area contributed by atoms with Gasteiger partial charge < -0.3 is 5.11 Å². The lowest BCUT2D eigenvalue weighted by molar-refractivity contribution is 0.266. The first-order chi connectivity index (χ1) is 7.24. The van der Waals surface area contributed by atoms with Crippen LogP contribution >= 0.6 is 11.3 Å².